The Balaban J connectivity index is 1.88. The van der Waals surface area contributed by atoms with E-state index in [0.29, 0.717) is 5.90 Å². The lowest BCUT2D eigenvalue weighted by Gasteiger charge is -2.10. The molecule has 0 bridgehead atoms. The summed E-state index contributed by atoms with van der Waals surface area (Å²) < 4.78 is 11.7. The maximum absolute atomic E-state index is 6.01. The van der Waals surface area contributed by atoms with E-state index >= 15 is 0 Å². The highest BCUT2D eigenvalue weighted by molar-refractivity contribution is 5.96. The molecular weight excluding hydrogens is 322 g/mol. The van der Waals surface area contributed by atoms with E-state index < -0.39 is 0 Å². The normalized spacial score (nSPS) is 11.9. The van der Waals surface area contributed by atoms with Gasteiger partial charge in [0.2, 0.25) is 5.90 Å². The third kappa shape index (κ3) is 5.08. The number of ether oxygens (including phenoxy) is 2. The Morgan fingerprint density at radius 3 is 2.12 bits per heavy atom. The van der Waals surface area contributed by atoms with Gasteiger partial charge in [-0.25, -0.2) is 4.99 Å². The van der Waals surface area contributed by atoms with E-state index in [4.69, 9.17) is 9.47 Å². The molecule has 0 saturated heterocycles. The second-order valence-electron chi connectivity index (χ2n) is 5.90. The predicted molar refractivity (Wildman–Crippen MR) is 106 cm³/mol. The minimum absolute atomic E-state index is 0.498. The summed E-state index contributed by atoms with van der Waals surface area (Å²) in [5.74, 6) is 1.99. The first-order chi connectivity index (χ1) is 12.7. The van der Waals surface area contributed by atoms with Crippen molar-refractivity contribution in [3.05, 3.63) is 102 Å². The Kier molecular flexibility index (Phi) is 5.84. The molecule has 3 aromatic rings. The van der Waals surface area contributed by atoms with Crippen LogP contribution in [-0.2, 0) is 0 Å². The Labute approximate surface area is 154 Å². The summed E-state index contributed by atoms with van der Waals surface area (Å²) in [7, 11) is 0. The number of hydrogen-bond acceptors (Lipinski definition) is 3. The number of para-hydroxylation sites is 2. The number of hydrogen-bond donors (Lipinski definition) is 0. The van der Waals surface area contributed by atoms with Crippen LogP contribution in [0.25, 0.3) is 0 Å². The van der Waals surface area contributed by atoms with Gasteiger partial charge in [0.25, 0.3) is 0 Å². The van der Waals surface area contributed by atoms with E-state index in [9.17, 15) is 0 Å². The van der Waals surface area contributed by atoms with Crippen LogP contribution >= 0.6 is 0 Å². The van der Waals surface area contributed by atoms with Gasteiger partial charge in [0.05, 0.1) is 11.9 Å². The third-order valence-electron chi connectivity index (χ3n) is 3.64. The molecule has 130 valence electrons. The van der Waals surface area contributed by atoms with Crippen LogP contribution in [0.1, 0.15) is 12.5 Å². The van der Waals surface area contributed by atoms with Crippen LogP contribution in [0.15, 0.2) is 102 Å². The molecule has 3 rings (SSSR count). The quantitative estimate of drug-likeness (QED) is 0.319. The molecule has 0 aliphatic carbocycles. The molecule has 0 heterocycles. The van der Waals surface area contributed by atoms with E-state index in [1.807, 2.05) is 98.8 Å². The van der Waals surface area contributed by atoms with Gasteiger partial charge in [0.1, 0.15) is 11.5 Å². The van der Waals surface area contributed by atoms with Crippen molar-refractivity contribution >= 4 is 11.6 Å². The van der Waals surface area contributed by atoms with Gasteiger partial charge in [0.15, 0.2) is 0 Å². The van der Waals surface area contributed by atoms with Crippen LogP contribution in [0.2, 0.25) is 0 Å². The van der Waals surface area contributed by atoms with E-state index in [1.165, 1.54) is 0 Å². The molecule has 0 spiro atoms. The zero-order chi connectivity index (χ0) is 18.2. The molecule has 0 N–H and O–H groups in total. The van der Waals surface area contributed by atoms with E-state index in [-0.39, 0.29) is 0 Å². The molecule has 3 nitrogen and oxygen atoms in total. The fraction of sp³-hybridized carbons (Fsp3) is 0.0870. The van der Waals surface area contributed by atoms with Crippen molar-refractivity contribution < 1.29 is 9.47 Å². The molecule has 0 aliphatic rings. The summed E-state index contributed by atoms with van der Waals surface area (Å²) in [6.07, 6.45) is 1.66. The lowest BCUT2D eigenvalue weighted by Crippen LogP contribution is -2.10. The molecule has 3 aromatic carbocycles. The van der Waals surface area contributed by atoms with Gasteiger partial charge in [-0.3, -0.25) is 0 Å². The smallest absolute Gasteiger partial charge is 0.225 e. The van der Waals surface area contributed by atoms with E-state index in [0.717, 1.165) is 28.3 Å². The van der Waals surface area contributed by atoms with Crippen molar-refractivity contribution in [2.75, 3.05) is 0 Å². The maximum atomic E-state index is 6.01. The van der Waals surface area contributed by atoms with Crippen LogP contribution in [-0.4, -0.2) is 5.90 Å². The van der Waals surface area contributed by atoms with Crippen LogP contribution < -0.4 is 9.47 Å². The van der Waals surface area contributed by atoms with Crippen molar-refractivity contribution in [1.82, 2.24) is 0 Å². The van der Waals surface area contributed by atoms with Gasteiger partial charge in [-0.2, -0.15) is 0 Å². The van der Waals surface area contributed by atoms with Crippen molar-refractivity contribution in [2.24, 2.45) is 4.99 Å². The van der Waals surface area contributed by atoms with Gasteiger partial charge in [-0.15, -0.1) is 0 Å². The van der Waals surface area contributed by atoms with E-state index in [2.05, 4.69) is 4.99 Å². The predicted octanol–water partition coefficient (Wildman–Crippen LogP) is 6.09. The summed E-state index contributed by atoms with van der Waals surface area (Å²) in [6, 6.07) is 27.2. The second kappa shape index (κ2) is 8.67. The lowest BCUT2D eigenvalue weighted by molar-refractivity contribution is 0.473. The van der Waals surface area contributed by atoms with Crippen LogP contribution in [0, 0.1) is 6.92 Å². The largest absolute Gasteiger partial charge is 0.465 e. The molecule has 0 atom stereocenters. The van der Waals surface area contributed by atoms with Crippen molar-refractivity contribution in [1.29, 1.82) is 0 Å². The summed E-state index contributed by atoms with van der Waals surface area (Å²) in [5, 5.41) is 0. The number of benzene rings is 3. The summed E-state index contributed by atoms with van der Waals surface area (Å²) >= 11 is 0. The first-order valence-corrected chi connectivity index (χ1v) is 8.48. The monoisotopic (exact) mass is 343 g/mol. The van der Waals surface area contributed by atoms with Gasteiger partial charge < -0.3 is 9.47 Å². The Morgan fingerprint density at radius 1 is 0.808 bits per heavy atom. The average molecular weight is 343 g/mol. The highest BCUT2D eigenvalue weighted by Crippen LogP contribution is 2.19. The number of rotatable bonds is 5. The first kappa shape index (κ1) is 17.5. The lowest BCUT2D eigenvalue weighted by atomic mass is 10.2. The summed E-state index contributed by atoms with van der Waals surface area (Å²) in [5.41, 5.74) is 2.77. The molecule has 0 radical (unpaired) electrons. The number of aryl methyl sites for hydroxylation is 1. The fourth-order valence-corrected chi connectivity index (χ4v) is 2.31. The molecule has 0 fully saturated rings. The molecule has 0 amide bonds. The SMILES string of the molecule is C/C(=C\Oc1ccccc1)C(=Nc1cccc(C)c1)Oc1ccccc1. The maximum Gasteiger partial charge on any atom is 0.225 e. The average Bonchev–Trinajstić information content (AvgIpc) is 2.67. The summed E-state index contributed by atoms with van der Waals surface area (Å²) in [6.45, 7) is 3.96. The van der Waals surface area contributed by atoms with Gasteiger partial charge >= 0.3 is 0 Å². The minimum Gasteiger partial charge on any atom is -0.465 e. The van der Waals surface area contributed by atoms with Crippen molar-refractivity contribution in [3.8, 4) is 11.5 Å². The molecular formula is C23H21NO2. The van der Waals surface area contributed by atoms with Crippen LogP contribution in [0.3, 0.4) is 0 Å². The molecule has 26 heavy (non-hydrogen) atoms. The Hall–Kier alpha value is -3.33. The van der Waals surface area contributed by atoms with Crippen LogP contribution in [0.5, 0.6) is 11.5 Å². The zero-order valence-electron chi connectivity index (χ0n) is 14.9. The fourth-order valence-electron chi connectivity index (χ4n) is 2.31. The number of nitrogens with zero attached hydrogens (tertiary/aromatic N) is 1. The first-order valence-electron chi connectivity index (χ1n) is 8.48. The Bertz CT molecular complexity index is 900. The molecule has 0 saturated carbocycles. The third-order valence-corrected chi connectivity index (χ3v) is 3.64. The highest BCUT2D eigenvalue weighted by atomic mass is 16.5. The molecule has 3 heteroatoms. The van der Waals surface area contributed by atoms with Gasteiger partial charge in [-0.05, 0) is 55.8 Å². The molecule has 0 unspecified atom stereocenters. The minimum atomic E-state index is 0.498. The van der Waals surface area contributed by atoms with Gasteiger partial charge in [-0.1, -0.05) is 48.5 Å². The standard InChI is InChI=1S/C23H21NO2/c1-18-10-9-11-20(16-18)24-23(26-22-14-7-4-8-15-22)19(2)17-25-21-12-5-3-6-13-21/h3-17H,1-2H3/b19-17+,24-23?. The zero-order valence-corrected chi connectivity index (χ0v) is 14.9. The molecule has 0 aromatic heterocycles. The summed E-state index contributed by atoms with van der Waals surface area (Å²) in [4.78, 5) is 4.67. The highest BCUT2D eigenvalue weighted by Gasteiger charge is 2.08. The van der Waals surface area contributed by atoms with Crippen molar-refractivity contribution in [3.63, 3.8) is 0 Å². The van der Waals surface area contributed by atoms with Crippen LogP contribution in [0.4, 0.5) is 5.69 Å². The van der Waals surface area contributed by atoms with Gasteiger partial charge in [0, 0.05) is 5.57 Å². The molecule has 0 aliphatic heterocycles. The topological polar surface area (TPSA) is 30.8 Å². The van der Waals surface area contributed by atoms with E-state index in [1.54, 1.807) is 6.26 Å². The Morgan fingerprint density at radius 2 is 1.46 bits per heavy atom. The number of aliphatic imine (C=N–C) groups is 1. The van der Waals surface area contributed by atoms with Crippen molar-refractivity contribution in [2.45, 2.75) is 13.8 Å². The second-order valence-corrected chi connectivity index (χ2v) is 5.90.